The van der Waals surface area contributed by atoms with Crippen LogP contribution in [0.4, 0.5) is 5.69 Å². The van der Waals surface area contributed by atoms with Gasteiger partial charge < -0.3 is 15.0 Å². The first-order valence-corrected chi connectivity index (χ1v) is 13.4. The highest BCUT2D eigenvalue weighted by atomic mass is 32.2. The molecule has 0 aromatic heterocycles. The van der Waals surface area contributed by atoms with Crippen LogP contribution in [0.2, 0.25) is 0 Å². The molecule has 0 fully saturated rings. The van der Waals surface area contributed by atoms with Crippen LogP contribution in [0.25, 0.3) is 0 Å². The summed E-state index contributed by atoms with van der Waals surface area (Å²) in [5.74, 6) is -0.0824. The van der Waals surface area contributed by atoms with Crippen molar-refractivity contribution in [3.05, 3.63) is 59.7 Å². The Labute approximate surface area is 209 Å². The number of methoxy groups -OCH3 is 1. The van der Waals surface area contributed by atoms with Gasteiger partial charge in [-0.15, -0.1) is 0 Å². The molecule has 2 aromatic rings. The molecule has 2 rings (SSSR count). The molecule has 1 unspecified atom stereocenters. The number of nitrogens with one attached hydrogen (secondary N) is 1. The van der Waals surface area contributed by atoms with Gasteiger partial charge in [-0.2, -0.15) is 0 Å². The minimum atomic E-state index is -3.76. The van der Waals surface area contributed by atoms with Gasteiger partial charge in [0.1, 0.15) is 18.3 Å². The van der Waals surface area contributed by atoms with Crippen molar-refractivity contribution in [3.8, 4) is 5.75 Å². The minimum Gasteiger partial charge on any atom is -0.497 e. The van der Waals surface area contributed by atoms with Gasteiger partial charge in [-0.1, -0.05) is 37.3 Å². The number of rotatable bonds is 10. The van der Waals surface area contributed by atoms with Gasteiger partial charge in [0.25, 0.3) is 0 Å². The molecule has 0 aliphatic heterocycles. The molecular formula is C26H37N3O5S. The van der Waals surface area contributed by atoms with Gasteiger partial charge in [-0.05, 0) is 63.4 Å². The Morgan fingerprint density at radius 3 is 2.14 bits per heavy atom. The van der Waals surface area contributed by atoms with Crippen molar-refractivity contribution in [1.82, 2.24) is 10.2 Å². The fourth-order valence-electron chi connectivity index (χ4n) is 3.74. The second-order valence-corrected chi connectivity index (χ2v) is 11.5. The predicted octanol–water partition coefficient (Wildman–Crippen LogP) is 3.49. The Kier molecular flexibility index (Phi) is 9.31. The van der Waals surface area contributed by atoms with Gasteiger partial charge in [0.2, 0.25) is 21.8 Å². The fraction of sp³-hybridized carbons (Fsp3) is 0.462. The van der Waals surface area contributed by atoms with Crippen LogP contribution in [0, 0.1) is 6.92 Å². The molecule has 0 bridgehead atoms. The molecule has 0 heterocycles. The number of nitrogens with zero attached hydrogens (tertiary/aromatic N) is 2. The van der Waals surface area contributed by atoms with E-state index in [4.69, 9.17) is 4.74 Å². The number of carbonyl (C=O) groups is 2. The number of ether oxygens (including phenoxy) is 1. The second-order valence-electron chi connectivity index (χ2n) is 9.59. The number of para-hydroxylation sites is 1. The van der Waals surface area contributed by atoms with Crippen molar-refractivity contribution in [3.63, 3.8) is 0 Å². The van der Waals surface area contributed by atoms with Gasteiger partial charge >= 0.3 is 0 Å². The summed E-state index contributed by atoms with van der Waals surface area (Å²) in [7, 11) is -2.19. The molecule has 8 nitrogen and oxygen atoms in total. The van der Waals surface area contributed by atoms with Gasteiger partial charge in [0.15, 0.2) is 0 Å². The first kappa shape index (κ1) is 28.2. The molecular weight excluding hydrogens is 466 g/mol. The summed E-state index contributed by atoms with van der Waals surface area (Å²) < 4.78 is 31.7. The van der Waals surface area contributed by atoms with E-state index in [1.165, 1.54) is 4.90 Å². The number of aryl methyl sites for hydroxylation is 1. The highest BCUT2D eigenvalue weighted by Crippen LogP contribution is 2.23. The lowest BCUT2D eigenvalue weighted by Crippen LogP contribution is -2.55. The van der Waals surface area contributed by atoms with Crippen LogP contribution in [0.3, 0.4) is 0 Å². The average Bonchev–Trinajstić information content (AvgIpc) is 2.76. The summed E-state index contributed by atoms with van der Waals surface area (Å²) in [5, 5.41) is 2.95. The maximum Gasteiger partial charge on any atom is 0.244 e. The SMILES string of the molecule is CCC(C(=O)NC(C)(C)C)N(Cc1ccc(OC)cc1)C(=O)CN(c1ccccc1C)S(C)(=O)=O. The van der Waals surface area contributed by atoms with E-state index in [-0.39, 0.29) is 12.5 Å². The quantitative estimate of drug-likeness (QED) is 0.535. The minimum absolute atomic E-state index is 0.143. The van der Waals surface area contributed by atoms with Crippen molar-refractivity contribution >= 4 is 27.5 Å². The van der Waals surface area contributed by atoms with Crippen LogP contribution in [0.1, 0.15) is 45.2 Å². The molecule has 0 radical (unpaired) electrons. The molecule has 0 saturated heterocycles. The first-order chi connectivity index (χ1) is 16.3. The maximum atomic E-state index is 13.7. The van der Waals surface area contributed by atoms with Crippen LogP contribution in [0.5, 0.6) is 5.75 Å². The number of amides is 2. The van der Waals surface area contributed by atoms with Crippen LogP contribution >= 0.6 is 0 Å². The number of sulfonamides is 1. The van der Waals surface area contributed by atoms with Crippen molar-refractivity contribution in [2.75, 3.05) is 24.2 Å². The van der Waals surface area contributed by atoms with Crippen LogP contribution in [-0.4, -0.2) is 56.6 Å². The molecule has 0 saturated carbocycles. The number of benzene rings is 2. The van der Waals surface area contributed by atoms with Gasteiger partial charge in [-0.25, -0.2) is 8.42 Å². The second kappa shape index (κ2) is 11.6. The standard InChI is InChI=1S/C26H37N3O5S/c1-8-22(25(31)27-26(3,4)5)28(17-20-13-15-21(34-6)16-14-20)24(30)18-29(35(7,32)33)23-12-10-9-11-19(23)2/h9-16,22H,8,17-18H2,1-7H3,(H,27,31). The highest BCUT2D eigenvalue weighted by Gasteiger charge is 2.33. The lowest BCUT2D eigenvalue weighted by atomic mass is 10.1. The van der Waals surface area contributed by atoms with Gasteiger partial charge in [0, 0.05) is 12.1 Å². The third-order valence-corrected chi connectivity index (χ3v) is 6.59. The maximum absolute atomic E-state index is 13.7. The van der Waals surface area contributed by atoms with Crippen molar-refractivity contribution < 1.29 is 22.7 Å². The van der Waals surface area contributed by atoms with Crippen LogP contribution in [0.15, 0.2) is 48.5 Å². The highest BCUT2D eigenvalue weighted by molar-refractivity contribution is 7.92. The zero-order valence-electron chi connectivity index (χ0n) is 21.7. The molecule has 2 aromatic carbocycles. The summed E-state index contributed by atoms with van der Waals surface area (Å²) in [6.45, 7) is 8.96. The topological polar surface area (TPSA) is 96.0 Å². The number of anilines is 1. The van der Waals surface area contributed by atoms with Gasteiger partial charge in [0.05, 0.1) is 19.1 Å². The summed E-state index contributed by atoms with van der Waals surface area (Å²) >= 11 is 0. The van der Waals surface area contributed by atoms with E-state index in [1.54, 1.807) is 50.4 Å². The lowest BCUT2D eigenvalue weighted by Gasteiger charge is -2.34. The molecule has 9 heteroatoms. The normalized spacial score (nSPS) is 12.5. The fourth-order valence-corrected chi connectivity index (χ4v) is 4.65. The van der Waals surface area contributed by atoms with E-state index in [9.17, 15) is 18.0 Å². The van der Waals surface area contributed by atoms with Gasteiger partial charge in [-0.3, -0.25) is 13.9 Å². The predicted molar refractivity (Wildman–Crippen MR) is 139 cm³/mol. The molecule has 0 aliphatic carbocycles. The lowest BCUT2D eigenvalue weighted by molar-refractivity contribution is -0.141. The Morgan fingerprint density at radius 2 is 1.66 bits per heavy atom. The molecule has 35 heavy (non-hydrogen) atoms. The average molecular weight is 504 g/mol. The van der Waals surface area contributed by atoms with Crippen LogP contribution < -0.4 is 14.4 Å². The summed E-state index contributed by atoms with van der Waals surface area (Å²) in [4.78, 5) is 28.3. The molecule has 0 aliphatic rings. The van der Waals surface area contributed by atoms with Crippen molar-refractivity contribution in [2.45, 2.75) is 59.2 Å². The number of hydrogen-bond acceptors (Lipinski definition) is 5. The van der Waals surface area contributed by atoms with E-state index in [0.717, 1.165) is 21.7 Å². The molecule has 1 N–H and O–H groups in total. The van der Waals surface area contributed by atoms with Crippen molar-refractivity contribution in [2.24, 2.45) is 0 Å². The summed E-state index contributed by atoms with van der Waals surface area (Å²) in [6, 6.07) is 13.4. The third-order valence-electron chi connectivity index (χ3n) is 5.46. The molecule has 1 atom stereocenters. The number of hydrogen-bond donors (Lipinski definition) is 1. The summed E-state index contributed by atoms with van der Waals surface area (Å²) in [6.07, 6.45) is 1.44. The Balaban J connectivity index is 2.46. The van der Waals surface area contributed by atoms with E-state index < -0.39 is 34.1 Å². The van der Waals surface area contributed by atoms with E-state index in [2.05, 4.69) is 5.32 Å². The zero-order valence-corrected chi connectivity index (χ0v) is 22.5. The van der Waals surface area contributed by atoms with E-state index in [0.29, 0.717) is 17.9 Å². The van der Waals surface area contributed by atoms with E-state index in [1.807, 2.05) is 39.8 Å². The Bertz CT molecular complexity index is 1120. The molecule has 192 valence electrons. The van der Waals surface area contributed by atoms with E-state index >= 15 is 0 Å². The Morgan fingerprint density at radius 1 is 1.06 bits per heavy atom. The summed E-state index contributed by atoms with van der Waals surface area (Å²) in [5.41, 5.74) is 1.46. The molecule has 0 spiro atoms. The first-order valence-electron chi connectivity index (χ1n) is 11.5. The number of carbonyl (C=O) groups excluding carboxylic acids is 2. The van der Waals surface area contributed by atoms with Crippen molar-refractivity contribution in [1.29, 1.82) is 0 Å². The largest absolute Gasteiger partial charge is 0.497 e. The smallest absolute Gasteiger partial charge is 0.244 e. The monoisotopic (exact) mass is 503 g/mol. The third kappa shape index (κ3) is 7.99. The molecule has 2 amide bonds. The zero-order chi connectivity index (χ0) is 26.4. The Hall–Kier alpha value is -3.07. The van der Waals surface area contributed by atoms with Crippen LogP contribution in [-0.2, 0) is 26.2 Å².